The molecule has 0 amide bonds. The first kappa shape index (κ1) is 24.0. The standard InChI is InChI=1S/C22H26ClN3O.ClH.H2S/c1-15-10-20-21(11-16(15)2)26(12-17-5-7-18(23)8-6-17)22(24-20)13-25-9-3-4-19(25)14-27;;/h5-8,10-11,19,27H,3-4,9,12-14H2,1-2H3;1H;1H2/t19-;;/m0../s1. The molecule has 0 unspecified atom stereocenters. The van der Waals surface area contributed by atoms with E-state index < -0.39 is 0 Å². The van der Waals surface area contributed by atoms with Crippen molar-refractivity contribution in [3.8, 4) is 0 Å². The van der Waals surface area contributed by atoms with Crippen LogP contribution in [0.4, 0.5) is 0 Å². The van der Waals surface area contributed by atoms with E-state index in [0.29, 0.717) is 0 Å². The lowest BCUT2D eigenvalue weighted by molar-refractivity contribution is 0.150. The van der Waals surface area contributed by atoms with Crippen LogP contribution >= 0.6 is 37.5 Å². The number of likely N-dealkylation sites (tertiary alicyclic amines) is 1. The van der Waals surface area contributed by atoms with Crippen LogP contribution in [-0.2, 0) is 13.1 Å². The number of halogens is 2. The van der Waals surface area contributed by atoms with Crippen molar-refractivity contribution in [2.75, 3.05) is 13.2 Å². The molecule has 29 heavy (non-hydrogen) atoms. The monoisotopic (exact) mass is 453 g/mol. The van der Waals surface area contributed by atoms with Crippen molar-refractivity contribution in [1.82, 2.24) is 14.5 Å². The Kier molecular flexibility index (Phi) is 8.44. The molecule has 0 aliphatic carbocycles. The highest BCUT2D eigenvalue weighted by molar-refractivity contribution is 7.59. The maximum Gasteiger partial charge on any atom is 0.124 e. The second-order valence-electron chi connectivity index (χ2n) is 7.61. The number of aryl methyl sites for hydroxylation is 2. The predicted molar refractivity (Wildman–Crippen MR) is 128 cm³/mol. The van der Waals surface area contributed by atoms with Crippen molar-refractivity contribution < 1.29 is 5.11 Å². The van der Waals surface area contributed by atoms with E-state index in [2.05, 4.69) is 47.6 Å². The number of rotatable bonds is 5. The van der Waals surface area contributed by atoms with Crippen LogP contribution in [0.25, 0.3) is 11.0 Å². The molecule has 4 nitrogen and oxygen atoms in total. The van der Waals surface area contributed by atoms with Crippen LogP contribution in [-0.4, -0.2) is 38.8 Å². The summed E-state index contributed by atoms with van der Waals surface area (Å²) in [7, 11) is 0. The molecular weight excluding hydrogens is 425 g/mol. The Hall–Kier alpha value is -1.24. The topological polar surface area (TPSA) is 41.3 Å². The minimum atomic E-state index is 0. The highest BCUT2D eigenvalue weighted by Gasteiger charge is 2.25. The molecule has 1 atom stereocenters. The number of aliphatic hydroxyl groups is 1. The minimum absolute atomic E-state index is 0. The van der Waals surface area contributed by atoms with Gasteiger partial charge in [-0.15, -0.1) is 12.4 Å². The zero-order chi connectivity index (χ0) is 19.0. The Morgan fingerprint density at radius 1 is 1.10 bits per heavy atom. The molecule has 4 rings (SSSR count). The van der Waals surface area contributed by atoms with Crippen molar-refractivity contribution in [2.24, 2.45) is 0 Å². The minimum Gasteiger partial charge on any atom is -0.395 e. The zero-order valence-electron chi connectivity index (χ0n) is 16.9. The van der Waals surface area contributed by atoms with Crippen molar-refractivity contribution in [3.63, 3.8) is 0 Å². The number of imidazole rings is 1. The van der Waals surface area contributed by atoms with Crippen LogP contribution in [0.5, 0.6) is 0 Å². The fourth-order valence-electron chi connectivity index (χ4n) is 3.99. The van der Waals surface area contributed by atoms with Gasteiger partial charge in [0.25, 0.3) is 0 Å². The first-order valence-electron chi connectivity index (χ1n) is 9.61. The van der Waals surface area contributed by atoms with Gasteiger partial charge in [-0.05, 0) is 74.2 Å². The molecule has 1 fully saturated rings. The van der Waals surface area contributed by atoms with Gasteiger partial charge in [-0.25, -0.2) is 4.98 Å². The molecule has 0 spiro atoms. The predicted octanol–water partition coefficient (Wildman–Crippen LogP) is 4.85. The Morgan fingerprint density at radius 2 is 1.79 bits per heavy atom. The summed E-state index contributed by atoms with van der Waals surface area (Å²) in [4.78, 5) is 7.33. The van der Waals surface area contributed by atoms with E-state index in [-0.39, 0.29) is 38.6 Å². The summed E-state index contributed by atoms with van der Waals surface area (Å²) >= 11 is 6.05. The average Bonchev–Trinajstić information content (AvgIpc) is 3.23. The fourth-order valence-corrected chi connectivity index (χ4v) is 4.12. The van der Waals surface area contributed by atoms with Gasteiger partial charge < -0.3 is 9.67 Å². The van der Waals surface area contributed by atoms with Crippen molar-refractivity contribution >= 4 is 48.5 Å². The van der Waals surface area contributed by atoms with Crippen molar-refractivity contribution in [2.45, 2.75) is 45.8 Å². The Labute approximate surface area is 190 Å². The normalized spacial score (nSPS) is 16.6. The van der Waals surface area contributed by atoms with Crippen LogP contribution in [0.1, 0.15) is 35.4 Å². The largest absolute Gasteiger partial charge is 0.395 e. The molecule has 158 valence electrons. The van der Waals surface area contributed by atoms with Crippen LogP contribution < -0.4 is 0 Å². The van der Waals surface area contributed by atoms with Crippen molar-refractivity contribution in [1.29, 1.82) is 0 Å². The van der Waals surface area contributed by atoms with Gasteiger partial charge in [0.15, 0.2) is 0 Å². The summed E-state index contributed by atoms with van der Waals surface area (Å²) in [6, 6.07) is 12.7. The smallest absolute Gasteiger partial charge is 0.124 e. The first-order valence-corrected chi connectivity index (χ1v) is 9.98. The molecule has 0 radical (unpaired) electrons. The van der Waals surface area contributed by atoms with E-state index in [1.165, 1.54) is 22.2 Å². The fraction of sp³-hybridized carbons (Fsp3) is 0.409. The van der Waals surface area contributed by atoms with Gasteiger partial charge in [0, 0.05) is 17.6 Å². The summed E-state index contributed by atoms with van der Waals surface area (Å²) in [5.41, 5.74) is 5.96. The third-order valence-corrected chi connectivity index (χ3v) is 6.00. The molecule has 2 heterocycles. The van der Waals surface area contributed by atoms with Crippen LogP contribution in [0.15, 0.2) is 36.4 Å². The first-order chi connectivity index (χ1) is 13.0. The lowest BCUT2D eigenvalue weighted by Crippen LogP contribution is -2.32. The number of aromatic nitrogens is 2. The molecule has 1 aliphatic rings. The SMILES string of the molecule is Cc1cc2nc(CN3CCC[C@H]3CO)n(Cc3ccc(Cl)cc3)c2cc1C.Cl.S. The molecule has 1 N–H and O–H groups in total. The van der Waals surface area contributed by atoms with E-state index in [0.717, 1.165) is 48.8 Å². The summed E-state index contributed by atoms with van der Waals surface area (Å²) in [6.07, 6.45) is 2.20. The molecule has 3 aromatic rings. The third-order valence-electron chi connectivity index (χ3n) is 5.75. The maximum absolute atomic E-state index is 9.68. The number of fused-ring (bicyclic) bond motifs is 1. The number of aliphatic hydroxyl groups excluding tert-OH is 1. The second kappa shape index (κ2) is 10.2. The average molecular weight is 454 g/mol. The Balaban J connectivity index is 0.00000150. The van der Waals surface area contributed by atoms with Gasteiger partial charge in [-0.2, -0.15) is 13.5 Å². The summed E-state index contributed by atoms with van der Waals surface area (Å²) < 4.78 is 2.32. The lowest BCUT2D eigenvalue weighted by atomic mass is 10.1. The molecular formula is C22H29Cl2N3OS. The van der Waals surface area contributed by atoms with E-state index in [9.17, 15) is 5.11 Å². The van der Waals surface area contributed by atoms with Gasteiger partial charge in [-0.1, -0.05) is 23.7 Å². The Morgan fingerprint density at radius 3 is 2.48 bits per heavy atom. The molecule has 1 aromatic heterocycles. The zero-order valence-corrected chi connectivity index (χ0v) is 19.4. The summed E-state index contributed by atoms with van der Waals surface area (Å²) in [6.45, 7) is 7.06. The maximum atomic E-state index is 9.68. The molecule has 0 bridgehead atoms. The Bertz CT molecular complexity index is 959. The highest BCUT2D eigenvalue weighted by Crippen LogP contribution is 2.25. The summed E-state index contributed by atoms with van der Waals surface area (Å²) in [5.74, 6) is 1.06. The van der Waals surface area contributed by atoms with Gasteiger partial charge >= 0.3 is 0 Å². The van der Waals surface area contributed by atoms with Gasteiger partial charge in [0.1, 0.15) is 5.82 Å². The van der Waals surface area contributed by atoms with E-state index in [1.807, 2.05) is 12.1 Å². The van der Waals surface area contributed by atoms with Crippen LogP contribution in [0, 0.1) is 13.8 Å². The highest BCUT2D eigenvalue weighted by atomic mass is 35.5. The second-order valence-corrected chi connectivity index (χ2v) is 8.05. The third kappa shape index (κ3) is 5.09. The molecule has 1 aliphatic heterocycles. The van der Waals surface area contributed by atoms with E-state index >= 15 is 0 Å². The number of hydrogen-bond acceptors (Lipinski definition) is 3. The van der Waals surface area contributed by atoms with Crippen molar-refractivity contribution in [3.05, 3.63) is 63.9 Å². The lowest BCUT2D eigenvalue weighted by Gasteiger charge is -2.22. The van der Waals surface area contributed by atoms with Crippen LogP contribution in [0.3, 0.4) is 0 Å². The molecule has 1 saturated heterocycles. The molecule has 0 saturated carbocycles. The van der Waals surface area contributed by atoms with Crippen LogP contribution in [0.2, 0.25) is 5.02 Å². The van der Waals surface area contributed by atoms with Gasteiger partial charge in [-0.3, -0.25) is 4.90 Å². The number of hydrogen-bond donors (Lipinski definition) is 1. The molecule has 7 heteroatoms. The van der Waals surface area contributed by atoms with Gasteiger partial charge in [0.05, 0.1) is 24.2 Å². The summed E-state index contributed by atoms with van der Waals surface area (Å²) in [5, 5.41) is 10.4. The molecule has 2 aromatic carbocycles. The number of nitrogens with zero attached hydrogens (tertiary/aromatic N) is 3. The van der Waals surface area contributed by atoms with E-state index in [4.69, 9.17) is 16.6 Å². The number of benzene rings is 2. The van der Waals surface area contributed by atoms with Gasteiger partial charge in [0.2, 0.25) is 0 Å². The quantitative estimate of drug-likeness (QED) is 0.600. The van der Waals surface area contributed by atoms with E-state index in [1.54, 1.807) is 0 Å².